The van der Waals surface area contributed by atoms with Crippen molar-refractivity contribution >= 4 is 17.2 Å². The lowest BCUT2D eigenvalue weighted by atomic mass is 10.0. The summed E-state index contributed by atoms with van der Waals surface area (Å²) in [4.78, 5) is 13.2. The van der Waals surface area contributed by atoms with Gasteiger partial charge in [0.2, 0.25) is 0 Å². The highest BCUT2D eigenvalue weighted by Crippen LogP contribution is 2.32. The van der Waals surface area contributed by atoms with Crippen LogP contribution >= 0.6 is 0 Å². The SMILES string of the molecule is C=C(C)c1ccc(-c2cc(Nc3cc(CN(C)O)cc(C)n3)ncn2)c(OC)c1. The van der Waals surface area contributed by atoms with E-state index in [2.05, 4.69) is 26.8 Å². The number of rotatable bonds is 7. The van der Waals surface area contributed by atoms with Gasteiger partial charge >= 0.3 is 0 Å². The van der Waals surface area contributed by atoms with E-state index in [0.29, 0.717) is 18.2 Å². The van der Waals surface area contributed by atoms with E-state index in [1.54, 1.807) is 14.2 Å². The van der Waals surface area contributed by atoms with E-state index in [-0.39, 0.29) is 0 Å². The lowest BCUT2D eigenvalue weighted by molar-refractivity contribution is -0.0731. The Hall–Kier alpha value is -3.29. The van der Waals surface area contributed by atoms with Gasteiger partial charge in [0, 0.05) is 30.9 Å². The summed E-state index contributed by atoms with van der Waals surface area (Å²) in [6.45, 7) is 8.25. The maximum absolute atomic E-state index is 9.50. The number of nitrogens with zero attached hydrogens (tertiary/aromatic N) is 4. The first-order valence-corrected chi connectivity index (χ1v) is 9.16. The Morgan fingerprint density at radius 2 is 1.97 bits per heavy atom. The molecule has 0 amide bonds. The van der Waals surface area contributed by atoms with Crippen LogP contribution in [0.15, 0.2) is 49.3 Å². The Kier molecular flexibility index (Phi) is 6.21. The van der Waals surface area contributed by atoms with E-state index in [0.717, 1.165) is 44.5 Å². The number of pyridine rings is 1. The van der Waals surface area contributed by atoms with E-state index in [1.165, 1.54) is 6.33 Å². The van der Waals surface area contributed by atoms with Gasteiger partial charge in [-0.3, -0.25) is 0 Å². The number of aryl methyl sites for hydroxylation is 1. The number of hydroxylamine groups is 2. The lowest BCUT2D eigenvalue weighted by Crippen LogP contribution is -2.12. The van der Waals surface area contributed by atoms with Gasteiger partial charge < -0.3 is 15.3 Å². The Bertz CT molecular complexity index is 1030. The Balaban J connectivity index is 1.91. The molecule has 2 N–H and O–H groups in total. The zero-order valence-corrected chi connectivity index (χ0v) is 17.1. The van der Waals surface area contributed by atoms with Gasteiger partial charge in [-0.1, -0.05) is 18.2 Å². The minimum absolute atomic E-state index is 0.402. The van der Waals surface area contributed by atoms with Crippen molar-refractivity contribution in [1.82, 2.24) is 20.0 Å². The molecule has 0 spiro atoms. The molecule has 0 fully saturated rings. The van der Waals surface area contributed by atoms with Crippen LogP contribution in [-0.2, 0) is 6.54 Å². The third kappa shape index (κ3) is 5.16. The van der Waals surface area contributed by atoms with Gasteiger partial charge in [-0.2, -0.15) is 5.06 Å². The van der Waals surface area contributed by atoms with Crippen molar-refractivity contribution in [3.05, 3.63) is 66.1 Å². The van der Waals surface area contributed by atoms with Gasteiger partial charge in [-0.05, 0) is 49.2 Å². The van der Waals surface area contributed by atoms with Gasteiger partial charge in [0.05, 0.1) is 12.8 Å². The van der Waals surface area contributed by atoms with Crippen molar-refractivity contribution in [3.8, 4) is 17.0 Å². The molecule has 0 aliphatic carbocycles. The standard InChI is InChI=1S/C22H25N5O2/c1-14(2)17-6-7-18(20(10-17)29-5)19-11-21(24-13-23-19)26-22-9-16(12-27(4)28)8-15(3)25-22/h6-11,13,28H,1,12H2,2-5H3,(H,23,24,25,26). The third-order valence-electron chi connectivity index (χ3n) is 4.32. The van der Waals surface area contributed by atoms with Crippen LogP contribution in [0.25, 0.3) is 16.8 Å². The van der Waals surface area contributed by atoms with Gasteiger partial charge in [0.1, 0.15) is 23.7 Å². The molecule has 3 rings (SSSR count). The van der Waals surface area contributed by atoms with Gasteiger partial charge in [0.15, 0.2) is 0 Å². The fraction of sp³-hybridized carbons (Fsp3) is 0.227. The lowest BCUT2D eigenvalue weighted by Gasteiger charge is -2.13. The molecular formula is C22H25N5O2. The number of hydrogen-bond donors (Lipinski definition) is 2. The van der Waals surface area contributed by atoms with E-state index < -0.39 is 0 Å². The first-order chi connectivity index (χ1) is 13.9. The van der Waals surface area contributed by atoms with Crippen molar-refractivity contribution in [2.24, 2.45) is 0 Å². The Morgan fingerprint density at radius 1 is 1.17 bits per heavy atom. The molecule has 0 saturated heterocycles. The summed E-state index contributed by atoms with van der Waals surface area (Å²) in [6.07, 6.45) is 1.50. The highest BCUT2D eigenvalue weighted by atomic mass is 16.5. The maximum atomic E-state index is 9.50. The fourth-order valence-corrected chi connectivity index (χ4v) is 3.03. The van der Waals surface area contributed by atoms with Gasteiger partial charge in [-0.25, -0.2) is 15.0 Å². The van der Waals surface area contributed by atoms with Crippen molar-refractivity contribution in [1.29, 1.82) is 0 Å². The summed E-state index contributed by atoms with van der Waals surface area (Å²) >= 11 is 0. The first-order valence-electron chi connectivity index (χ1n) is 9.16. The summed E-state index contributed by atoms with van der Waals surface area (Å²) in [6, 6.07) is 11.6. The highest BCUT2D eigenvalue weighted by Gasteiger charge is 2.11. The first kappa shape index (κ1) is 20.4. The molecule has 7 nitrogen and oxygen atoms in total. The van der Waals surface area contributed by atoms with Crippen LogP contribution in [0.5, 0.6) is 5.75 Å². The number of nitrogens with one attached hydrogen (secondary N) is 1. The van der Waals surface area contributed by atoms with Crippen LogP contribution in [0.3, 0.4) is 0 Å². The summed E-state index contributed by atoms with van der Waals surface area (Å²) in [5.74, 6) is 1.98. The largest absolute Gasteiger partial charge is 0.496 e. The number of ether oxygens (including phenoxy) is 1. The number of anilines is 2. The topological polar surface area (TPSA) is 83.4 Å². The quantitative estimate of drug-likeness (QED) is 0.576. The molecule has 3 aromatic rings. The van der Waals surface area contributed by atoms with Crippen LogP contribution in [0.1, 0.15) is 23.7 Å². The molecule has 0 aliphatic rings. The molecule has 2 aromatic heterocycles. The number of allylic oxidation sites excluding steroid dienone is 1. The second kappa shape index (κ2) is 8.81. The summed E-state index contributed by atoms with van der Waals surface area (Å²) in [5.41, 5.74) is 5.37. The van der Waals surface area contributed by atoms with Crippen LogP contribution in [0.4, 0.5) is 11.6 Å². The molecule has 7 heteroatoms. The van der Waals surface area contributed by atoms with E-state index >= 15 is 0 Å². The number of benzene rings is 1. The van der Waals surface area contributed by atoms with Crippen molar-refractivity contribution in [2.75, 3.05) is 19.5 Å². The molecular weight excluding hydrogens is 366 g/mol. The molecule has 2 heterocycles. The molecule has 0 saturated carbocycles. The second-order valence-corrected chi connectivity index (χ2v) is 6.93. The minimum Gasteiger partial charge on any atom is -0.496 e. The predicted octanol–water partition coefficient (Wildman–Crippen LogP) is 4.45. The van der Waals surface area contributed by atoms with E-state index in [9.17, 15) is 5.21 Å². The number of methoxy groups -OCH3 is 1. The molecule has 0 bridgehead atoms. The fourth-order valence-electron chi connectivity index (χ4n) is 3.03. The number of aromatic nitrogens is 3. The zero-order chi connectivity index (χ0) is 21.0. The predicted molar refractivity (Wildman–Crippen MR) is 114 cm³/mol. The molecule has 29 heavy (non-hydrogen) atoms. The molecule has 0 radical (unpaired) electrons. The van der Waals surface area contributed by atoms with Crippen molar-refractivity contribution < 1.29 is 9.94 Å². The maximum Gasteiger partial charge on any atom is 0.135 e. The van der Waals surface area contributed by atoms with Crippen molar-refractivity contribution in [2.45, 2.75) is 20.4 Å². The van der Waals surface area contributed by atoms with Crippen LogP contribution in [0.2, 0.25) is 0 Å². The summed E-state index contributed by atoms with van der Waals surface area (Å²) < 4.78 is 5.55. The zero-order valence-electron chi connectivity index (χ0n) is 17.1. The van der Waals surface area contributed by atoms with Gasteiger partial charge in [-0.15, -0.1) is 0 Å². The smallest absolute Gasteiger partial charge is 0.135 e. The monoisotopic (exact) mass is 391 g/mol. The van der Waals surface area contributed by atoms with Crippen LogP contribution in [0, 0.1) is 6.92 Å². The van der Waals surface area contributed by atoms with Crippen LogP contribution < -0.4 is 10.1 Å². The molecule has 150 valence electrons. The Morgan fingerprint density at radius 3 is 2.66 bits per heavy atom. The summed E-state index contributed by atoms with van der Waals surface area (Å²) in [7, 11) is 3.24. The van der Waals surface area contributed by atoms with Crippen molar-refractivity contribution in [3.63, 3.8) is 0 Å². The molecule has 0 unspecified atom stereocenters. The van der Waals surface area contributed by atoms with Gasteiger partial charge in [0.25, 0.3) is 0 Å². The molecule has 1 aromatic carbocycles. The average Bonchev–Trinajstić information content (AvgIpc) is 2.66. The van der Waals surface area contributed by atoms with E-state index in [1.807, 2.05) is 50.2 Å². The summed E-state index contributed by atoms with van der Waals surface area (Å²) in [5, 5.41) is 13.8. The van der Waals surface area contributed by atoms with E-state index in [4.69, 9.17) is 4.74 Å². The third-order valence-corrected chi connectivity index (χ3v) is 4.32. The second-order valence-electron chi connectivity index (χ2n) is 6.93. The van der Waals surface area contributed by atoms with Crippen LogP contribution in [-0.4, -0.2) is 39.4 Å². The number of hydrogen-bond acceptors (Lipinski definition) is 7. The average molecular weight is 391 g/mol. The molecule has 0 atom stereocenters. The highest BCUT2D eigenvalue weighted by molar-refractivity contribution is 5.74. The molecule has 0 aliphatic heterocycles. The minimum atomic E-state index is 0.402. The normalized spacial score (nSPS) is 10.8. The Labute approximate surface area is 170 Å².